The summed E-state index contributed by atoms with van der Waals surface area (Å²) in [6, 6.07) is 17.8. The van der Waals surface area contributed by atoms with E-state index in [1.807, 2.05) is 30.3 Å². The monoisotopic (exact) mass is 313 g/mol. The second kappa shape index (κ2) is 6.60. The van der Waals surface area contributed by atoms with Gasteiger partial charge in [-0.3, -0.25) is 4.79 Å². The zero-order chi connectivity index (χ0) is 17.1. The zero-order valence-corrected chi connectivity index (χ0v) is 14.1. The Labute approximate surface area is 142 Å². The molecule has 0 aliphatic rings. The third-order valence-electron chi connectivity index (χ3n) is 4.10. The van der Waals surface area contributed by atoms with Crippen molar-refractivity contribution in [1.29, 1.82) is 0 Å². The minimum Gasteiger partial charge on any atom is -0.317 e. The Morgan fingerprint density at radius 2 is 1.58 bits per heavy atom. The molecule has 1 heterocycles. The lowest BCUT2D eigenvalue weighted by molar-refractivity contribution is 0.112. The van der Waals surface area contributed by atoms with E-state index >= 15 is 0 Å². The van der Waals surface area contributed by atoms with Gasteiger partial charge in [-0.1, -0.05) is 36.1 Å². The normalized spacial score (nSPS) is 10.1. The molecule has 0 spiro atoms. The summed E-state index contributed by atoms with van der Waals surface area (Å²) in [7, 11) is 0. The number of carbonyl (C=O) groups excluding carboxylic acids is 1. The number of para-hydroxylation sites is 1. The number of benzene rings is 2. The summed E-state index contributed by atoms with van der Waals surface area (Å²) in [5.74, 6) is 6.46. The predicted molar refractivity (Wildman–Crippen MR) is 97.8 cm³/mol. The van der Waals surface area contributed by atoms with Gasteiger partial charge < -0.3 is 4.57 Å². The summed E-state index contributed by atoms with van der Waals surface area (Å²) < 4.78 is 2.24. The summed E-state index contributed by atoms with van der Waals surface area (Å²) in [5, 5.41) is 0. The quantitative estimate of drug-likeness (QED) is 0.500. The predicted octanol–water partition coefficient (Wildman–Crippen LogP) is 4.61. The van der Waals surface area contributed by atoms with Crippen molar-refractivity contribution in [3.8, 4) is 17.5 Å². The molecule has 0 fully saturated rings. The van der Waals surface area contributed by atoms with Crippen molar-refractivity contribution in [2.75, 3.05) is 0 Å². The van der Waals surface area contributed by atoms with Crippen LogP contribution in [-0.4, -0.2) is 10.9 Å². The summed E-state index contributed by atoms with van der Waals surface area (Å²) in [6.45, 7) is 6.31. The second-order valence-electron chi connectivity index (χ2n) is 5.92. The smallest absolute Gasteiger partial charge is 0.150 e. The van der Waals surface area contributed by atoms with Crippen molar-refractivity contribution < 1.29 is 4.79 Å². The van der Waals surface area contributed by atoms with E-state index in [2.05, 4.69) is 55.4 Å². The molecule has 0 unspecified atom stereocenters. The minimum absolute atomic E-state index is 0.642. The van der Waals surface area contributed by atoms with Gasteiger partial charge in [-0.05, 0) is 56.7 Å². The molecule has 0 radical (unpaired) electrons. The van der Waals surface area contributed by atoms with Crippen molar-refractivity contribution >= 4 is 6.29 Å². The van der Waals surface area contributed by atoms with Crippen molar-refractivity contribution in [3.05, 3.63) is 88.2 Å². The molecule has 118 valence electrons. The van der Waals surface area contributed by atoms with Crippen molar-refractivity contribution in [1.82, 2.24) is 4.57 Å². The van der Waals surface area contributed by atoms with Crippen molar-refractivity contribution in [2.24, 2.45) is 0 Å². The van der Waals surface area contributed by atoms with Gasteiger partial charge in [-0.2, -0.15) is 0 Å². The number of aldehydes is 1. The molecule has 0 saturated carbocycles. The fourth-order valence-electron chi connectivity index (χ4n) is 2.91. The van der Waals surface area contributed by atoms with E-state index in [0.717, 1.165) is 23.1 Å². The molecule has 3 aromatic rings. The van der Waals surface area contributed by atoms with Crippen LogP contribution in [-0.2, 0) is 0 Å². The molecule has 0 atom stereocenters. The van der Waals surface area contributed by atoms with Gasteiger partial charge in [0.1, 0.15) is 6.29 Å². The number of hydrogen-bond donors (Lipinski definition) is 0. The molecule has 0 bridgehead atoms. The molecule has 0 amide bonds. The van der Waals surface area contributed by atoms with Gasteiger partial charge in [0.25, 0.3) is 0 Å². The summed E-state index contributed by atoms with van der Waals surface area (Å²) in [5.41, 5.74) is 7.15. The first-order valence-electron chi connectivity index (χ1n) is 7.92. The maximum atomic E-state index is 10.9. The van der Waals surface area contributed by atoms with E-state index in [1.165, 1.54) is 17.0 Å². The molecule has 2 nitrogen and oxygen atoms in total. The van der Waals surface area contributed by atoms with E-state index in [-0.39, 0.29) is 0 Å². The maximum Gasteiger partial charge on any atom is 0.150 e. The van der Waals surface area contributed by atoms with E-state index in [4.69, 9.17) is 0 Å². The van der Waals surface area contributed by atoms with Crippen LogP contribution in [0.1, 0.15) is 38.4 Å². The Bertz CT molecular complexity index is 948. The fraction of sp³-hybridized carbons (Fsp3) is 0.136. The number of rotatable bonds is 2. The van der Waals surface area contributed by atoms with Crippen LogP contribution in [0.15, 0.2) is 54.6 Å². The van der Waals surface area contributed by atoms with Gasteiger partial charge in [0, 0.05) is 28.1 Å². The minimum atomic E-state index is 0.642. The molecule has 2 heteroatoms. The van der Waals surface area contributed by atoms with Crippen LogP contribution >= 0.6 is 0 Å². The summed E-state index contributed by atoms with van der Waals surface area (Å²) >= 11 is 0. The van der Waals surface area contributed by atoms with E-state index in [0.29, 0.717) is 5.56 Å². The lowest BCUT2D eigenvalue weighted by Gasteiger charge is -2.14. The Morgan fingerprint density at radius 3 is 2.29 bits per heavy atom. The average Bonchev–Trinajstić information content (AvgIpc) is 2.92. The summed E-state index contributed by atoms with van der Waals surface area (Å²) in [6.07, 6.45) is 0.843. The Hall–Kier alpha value is -3.05. The second-order valence-corrected chi connectivity index (χ2v) is 5.92. The third-order valence-corrected chi connectivity index (χ3v) is 4.10. The average molecular weight is 313 g/mol. The number of carbonyl (C=O) groups is 1. The van der Waals surface area contributed by atoms with Gasteiger partial charge in [0.15, 0.2) is 0 Å². The first-order chi connectivity index (χ1) is 11.6. The van der Waals surface area contributed by atoms with Crippen LogP contribution in [0.4, 0.5) is 0 Å². The highest BCUT2D eigenvalue weighted by atomic mass is 16.1. The molecule has 24 heavy (non-hydrogen) atoms. The molecule has 0 aliphatic carbocycles. The molecule has 0 saturated heterocycles. The molecule has 0 aliphatic heterocycles. The Morgan fingerprint density at radius 1 is 0.875 bits per heavy atom. The number of aromatic nitrogens is 1. The lowest BCUT2D eigenvalue weighted by atomic mass is 10.1. The van der Waals surface area contributed by atoms with Crippen LogP contribution in [0.3, 0.4) is 0 Å². The molecule has 1 aromatic heterocycles. The number of nitrogens with zero attached hydrogens (tertiary/aromatic N) is 1. The van der Waals surface area contributed by atoms with Crippen LogP contribution in [0.2, 0.25) is 0 Å². The van der Waals surface area contributed by atoms with Gasteiger partial charge in [-0.25, -0.2) is 0 Å². The van der Waals surface area contributed by atoms with Crippen molar-refractivity contribution in [2.45, 2.75) is 20.8 Å². The van der Waals surface area contributed by atoms with Gasteiger partial charge >= 0.3 is 0 Å². The van der Waals surface area contributed by atoms with E-state index in [9.17, 15) is 4.79 Å². The van der Waals surface area contributed by atoms with Crippen LogP contribution in [0.25, 0.3) is 5.69 Å². The molecule has 2 aromatic carbocycles. The van der Waals surface area contributed by atoms with Crippen molar-refractivity contribution in [3.63, 3.8) is 0 Å². The number of aryl methyl sites for hydroxylation is 3. The fourth-order valence-corrected chi connectivity index (χ4v) is 2.91. The third kappa shape index (κ3) is 3.02. The van der Waals surface area contributed by atoms with E-state index < -0.39 is 0 Å². The highest BCUT2D eigenvalue weighted by molar-refractivity contribution is 5.75. The van der Waals surface area contributed by atoms with Crippen LogP contribution in [0.5, 0.6) is 0 Å². The molecular formula is C22H19NO. The largest absolute Gasteiger partial charge is 0.317 e. The number of hydrogen-bond acceptors (Lipinski definition) is 1. The standard InChI is InChI=1S/C22H19NO/c1-16-6-4-9-21(22(16)23-17(2)10-11-18(23)3)13-12-19-7-5-8-20(14-19)15-24/h4-11,14-15H,1-3H3. The molecule has 3 rings (SSSR count). The first kappa shape index (κ1) is 15.8. The first-order valence-corrected chi connectivity index (χ1v) is 7.92. The summed E-state index contributed by atoms with van der Waals surface area (Å²) in [4.78, 5) is 10.9. The van der Waals surface area contributed by atoms with Gasteiger partial charge in [0.05, 0.1) is 5.69 Å². The van der Waals surface area contributed by atoms with Gasteiger partial charge in [-0.15, -0.1) is 0 Å². The highest BCUT2D eigenvalue weighted by Crippen LogP contribution is 2.23. The Balaban J connectivity index is 2.12. The molecular weight excluding hydrogens is 294 g/mol. The molecule has 0 N–H and O–H groups in total. The SMILES string of the molecule is Cc1cccc(C#Cc2cccc(C=O)c2)c1-n1c(C)ccc1C. The topological polar surface area (TPSA) is 22.0 Å². The zero-order valence-electron chi connectivity index (χ0n) is 14.1. The van der Waals surface area contributed by atoms with Gasteiger partial charge in [0.2, 0.25) is 0 Å². The highest BCUT2D eigenvalue weighted by Gasteiger charge is 2.10. The van der Waals surface area contributed by atoms with E-state index in [1.54, 1.807) is 6.07 Å². The van der Waals surface area contributed by atoms with Crippen LogP contribution in [0, 0.1) is 32.6 Å². The maximum absolute atomic E-state index is 10.9. The van der Waals surface area contributed by atoms with Crippen LogP contribution < -0.4 is 0 Å². The Kier molecular flexibility index (Phi) is 4.35. The lowest BCUT2D eigenvalue weighted by Crippen LogP contribution is -2.04.